The van der Waals surface area contributed by atoms with E-state index in [1.54, 1.807) is 18.2 Å². The number of nitrogens with zero attached hydrogens (tertiary/aromatic N) is 3. The number of hydrogen-bond acceptors (Lipinski definition) is 5. The molecule has 2 N–H and O–H groups in total. The zero-order chi connectivity index (χ0) is 19.5. The maximum absolute atomic E-state index is 12.5. The van der Waals surface area contributed by atoms with Gasteiger partial charge in [-0.15, -0.1) is 0 Å². The lowest BCUT2D eigenvalue weighted by atomic mass is 9.91. The summed E-state index contributed by atoms with van der Waals surface area (Å²) < 4.78 is 20.7. The highest BCUT2D eigenvalue weighted by molar-refractivity contribution is 7.79. The lowest BCUT2D eigenvalue weighted by Crippen LogP contribution is -2.32. The van der Waals surface area contributed by atoms with Crippen molar-refractivity contribution in [3.8, 4) is 11.3 Å². The molecule has 1 aliphatic carbocycles. The molecule has 2 aromatic heterocycles. The number of nitrogens with one attached hydrogen (secondary N) is 1. The van der Waals surface area contributed by atoms with Gasteiger partial charge in [-0.2, -0.15) is 0 Å². The fourth-order valence-electron chi connectivity index (χ4n) is 3.36. The molecule has 7 nitrogen and oxygen atoms in total. The molecule has 0 saturated carbocycles. The van der Waals surface area contributed by atoms with Gasteiger partial charge in [0.2, 0.25) is 0 Å². The number of aromatic nitrogens is 3. The van der Waals surface area contributed by atoms with Gasteiger partial charge in [0.1, 0.15) is 5.69 Å². The second-order valence-corrected chi connectivity index (χ2v) is 7.50. The predicted octanol–water partition coefficient (Wildman–Crippen LogP) is 2.93. The Morgan fingerprint density at radius 3 is 2.89 bits per heavy atom. The first kappa shape index (κ1) is 18.4. The Morgan fingerprint density at radius 2 is 2.11 bits per heavy atom. The molecule has 8 heteroatoms. The van der Waals surface area contributed by atoms with Gasteiger partial charge in [0, 0.05) is 18.0 Å². The van der Waals surface area contributed by atoms with E-state index in [4.69, 9.17) is 4.98 Å². The van der Waals surface area contributed by atoms with Gasteiger partial charge in [-0.1, -0.05) is 18.2 Å². The van der Waals surface area contributed by atoms with Gasteiger partial charge >= 0.3 is 0 Å². The van der Waals surface area contributed by atoms with Crippen LogP contribution < -0.4 is 5.32 Å². The molecule has 0 radical (unpaired) electrons. The molecule has 2 heterocycles. The highest BCUT2D eigenvalue weighted by Crippen LogP contribution is 2.31. The summed E-state index contributed by atoms with van der Waals surface area (Å²) in [6.07, 6.45) is 7.09. The molecular formula is C20H18N4O3S. The normalized spacial score (nSPS) is 16.8. The molecule has 1 amide bonds. The fourth-order valence-corrected chi connectivity index (χ4v) is 3.79. The van der Waals surface area contributed by atoms with Crippen LogP contribution in [0.4, 0.5) is 0 Å². The highest BCUT2D eigenvalue weighted by Gasteiger charge is 2.25. The molecule has 0 saturated heterocycles. The first-order valence-corrected chi connectivity index (χ1v) is 10.0. The van der Waals surface area contributed by atoms with Crippen LogP contribution in [0, 0.1) is 0 Å². The van der Waals surface area contributed by atoms with E-state index < -0.39 is 11.1 Å². The first-order valence-electron chi connectivity index (χ1n) is 8.90. The molecule has 0 spiro atoms. The minimum atomic E-state index is -2.05. The van der Waals surface area contributed by atoms with Crippen molar-refractivity contribution in [2.24, 2.45) is 0 Å². The maximum Gasteiger partial charge on any atom is 0.272 e. The molecule has 4 rings (SSSR count). The number of rotatable bonds is 4. The second-order valence-electron chi connectivity index (χ2n) is 6.53. The quantitative estimate of drug-likeness (QED) is 0.659. The summed E-state index contributed by atoms with van der Waals surface area (Å²) in [6.45, 7) is 0. The van der Waals surface area contributed by atoms with E-state index in [1.165, 1.54) is 18.6 Å². The number of carbonyl (C=O) groups is 1. The molecule has 0 fully saturated rings. The van der Waals surface area contributed by atoms with Crippen molar-refractivity contribution in [3.05, 3.63) is 71.9 Å². The summed E-state index contributed by atoms with van der Waals surface area (Å²) in [6, 6.07) is 10.5. The minimum Gasteiger partial charge on any atom is -0.342 e. The zero-order valence-electron chi connectivity index (χ0n) is 14.9. The molecule has 2 unspecified atom stereocenters. The largest absolute Gasteiger partial charge is 0.342 e. The Balaban J connectivity index is 1.65. The van der Waals surface area contributed by atoms with Crippen molar-refractivity contribution in [1.29, 1.82) is 0 Å². The van der Waals surface area contributed by atoms with Crippen LogP contribution in [0.25, 0.3) is 11.3 Å². The second kappa shape index (κ2) is 7.95. The Labute approximate surface area is 164 Å². The van der Waals surface area contributed by atoms with Crippen LogP contribution in [0.1, 0.15) is 40.6 Å². The van der Waals surface area contributed by atoms with Crippen LogP contribution in [-0.4, -0.2) is 29.6 Å². The average Bonchev–Trinajstić information content (AvgIpc) is 2.74. The van der Waals surface area contributed by atoms with Crippen LogP contribution in [0.5, 0.6) is 0 Å². The van der Waals surface area contributed by atoms with Gasteiger partial charge < -0.3 is 9.87 Å². The van der Waals surface area contributed by atoms with Gasteiger partial charge in [0.05, 0.1) is 28.5 Å². The number of carbonyl (C=O) groups excluding carboxylic acids is 1. The molecule has 28 heavy (non-hydrogen) atoms. The molecule has 1 aromatic carbocycles. The lowest BCUT2D eigenvalue weighted by Gasteiger charge is -2.25. The van der Waals surface area contributed by atoms with E-state index in [-0.39, 0.29) is 17.6 Å². The van der Waals surface area contributed by atoms with Crippen molar-refractivity contribution >= 4 is 17.0 Å². The van der Waals surface area contributed by atoms with E-state index in [0.717, 1.165) is 36.1 Å². The third-order valence-electron chi connectivity index (χ3n) is 4.71. The Hall–Kier alpha value is -2.97. The highest BCUT2D eigenvalue weighted by atomic mass is 32.2. The number of fused-ring (bicyclic) bond motifs is 1. The number of benzene rings is 1. The van der Waals surface area contributed by atoms with Crippen LogP contribution >= 0.6 is 0 Å². The van der Waals surface area contributed by atoms with Gasteiger partial charge in [0.15, 0.2) is 11.1 Å². The Kier molecular flexibility index (Phi) is 5.23. The SMILES string of the molecule is O=C(NC1CCCc2ccc(-c3cccc(S(=O)O)c3)nc21)c1cnccn1. The van der Waals surface area contributed by atoms with Crippen LogP contribution in [0.2, 0.25) is 0 Å². The molecule has 1 aliphatic rings. The monoisotopic (exact) mass is 394 g/mol. The van der Waals surface area contributed by atoms with E-state index in [9.17, 15) is 13.6 Å². The standard InChI is InChI=1S/C20H18N4O3S/c25-20(18-12-21-9-10-22-18)24-17-6-2-3-13-7-8-16(23-19(13)17)14-4-1-5-15(11-14)28(26)27/h1,4-5,7-12,17H,2-3,6H2,(H,24,25)(H,26,27). The summed E-state index contributed by atoms with van der Waals surface area (Å²) in [5.74, 6) is -0.282. The molecular weight excluding hydrogens is 376 g/mol. The van der Waals surface area contributed by atoms with E-state index in [0.29, 0.717) is 10.6 Å². The Bertz CT molecular complexity index is 1040. The molecule has 0 aliphatic heterocycles. The summed E-state index contributed by atoms with van der Waals surface area (Å²) in [5.41, 5.74) is 3.65. The topological polar surface area (TPSA) is 105 Å². The summed E-state index contributed by atoms with van der Waals surface area (Å²) in [4.78, 5) is 25.6. The van der Waals surface area contributed by atoms with E-state index in [2.05, 4.69) is 15.3 Å². The van der Waals surface area contributed by atoms with E-state index >= 15 is 0 Å². The van der Waals surface area contributed by atoms with Gasteiger partial charge in [0.25, 0.3) is 5.91 Å². The predicted molar refractivity (Wildman–Crippen MR) is 104 cm³/mol. The first-order chi connectivity index (χ1) is 13.6. The van der Waals surface area contributed by atoms with Crippen molar-refractivity contribution in [3.63, 3.8) is 0 Å². The molecule has 3 aromatic rings. The van der Waals surface area contributed by atoms with Gasteiger partial charge in [-0.25, -0.2) is 9.19 Å². The zero-order valence-corrected chi connectivity index (χ0v) is 15.7. The number of pyridine rings is 1. The molecule has 0 bridgehead atoms. The minimum absolute atomic E-state index is 0.214. The summed E-state index contributed by atoms with van der Waals surface area (Å²) in [5, 5.41) is 3.01. The Morgan fingerprint density at radius 1 is 1.21 bits per heavy atom. The molecule has 2 atom stereocenters. The third kappa shape index (κ3) is 3.83. The third-order valence-corrected chi connectivity index (χ3v) is 5.37. The number of aryl methyl sites for hydroxylation is 1. The number of amides is 1. The van der Waals surface area contributed by atoms with E-state index in [1.807, 2.05) is 18.2 Å². The smallest absolute Gasteiger partial charge is 0.272 e. The van der Waals surface area contributed by atoms with Crippen molar-refractivity contribution < 1.29 is 13.6 Å². The maximum atomic E-state index is 12.5. The molecule has 142 valence electrons. The lowest BCUT2D eigenvalue weighted by molar-refractivity contribution is 0.0926. The van der Waals surface area contributed by atoms with Gasteiger partial charge in [-0.05, 0) is 43.0 Å². The summed E-state index contributed by atoms with van der Waals surface area (Å²) in [7, 11) is 0. The van der Waals surface area contributed by atoms with Crippen LogP contribution in [-0.2, 0) is 17.5 Å². The number of hydrogen-bond donors (Lipinski definition) is 2. The van der Waals surface area contributed by atoms with Gasteiger partial charge in [-0.3, -0.25) is 14.8 Å². The fraction of sp³-hybridized carbons (Fsp3) is 0.200. The average molecular weight is 394 g/mol. The van der Waals surface area contributed by atoms with Crippen molar-refractivity contribution in [2.45, 2.75) is 30.2 Å². The van der Waals surface area contributed by atoms with Crippen molar-refractivity contribution in [1.82, 2.24) is 20.3 Å². The van der Waals surface area contributed by atoms with Crippen LogP contribution in [0.15, 0.2) is 59.9 Å². The van der Waals surface area contributed by atoms with Crippen molar-refractivity contribution in [2.75, 3.05) is 0 Å². The van der Waals surface area contributed by atoms with Crippen LogP contribution in [0.3, 0.4) is 0 Å². The summed E-state index contributed by atoms with van der Waals surface area (Å²) >= 11 is -2.05.